The van der Waals surface area contributed by atoms with Gasteiger partial charge in [0, 0.05) is 30.0 Å². The zero-order valence-corrected chi connectivity index (χ0v) is 15.2. The van der Waals surface area contributed by atoms with Gasteiger partial charge in [0.25, 0.3) is 11.5 Å². The average molecular weight is 369 g/mol. The van der Waals surface area contributed by atoms with Crippen LogP contribution in [0.1, 0.15) is 71.5 Å². The number of fused-ring (bicyclic) bond motifs is 2. The van der Waals surface area contributed by atoms with Crippen LogP contribution in [0.15, 0.2) is 15.5 Å². The normalized spacial score (nSPS) is 20.9. The Labute approximate surface area is 156 Å². The molecule has 1 saturated heterocycles. The van der Waals surface area contributed by atoms with E-state index in [0.717, 1.165) is 55.6 Å². The van der Waals surface area contributed by atoms with E-state index in [4.69, 9.17) is 15.1 Å². The zero-order valence-electron chi connectivity index (χ0n) is 15.2. The molecular weight excluding hydrogens is 346 g/mol. The number of piperidine rings is 1. The molecule has 1 spiro atoms. The van der Waals surface area contributed by atoms with Gasteiger partial charge < -0.3 is 20.0 Å². The summed E-state index contributed by atoms with van der Waals surface area (Å²) >= 11 is 0. The Balaban J connectivity index is 1.36. The Morgan fingerprint density at radius 1 is 1.30 bits per heavy atom. The number of hydrogen-bond acceptors (Lipinski definition) is 6. The van der Waals surface area contributed by atoms with E-state index in [1.807, 2.05) is 4.90 Å². The van der Waals surface area contributed by atoms with Crippen LogP contribution in [0.5, 0.6) is 0 Å². The van der Waals surface area contributed by atoms with Crippen molar-refractivity contribution in [2.45, 2.75) is 56.4 Å². The fourth-order valence-corrected chi connectivity index (χ4v) is 4.51. The summed E-state index contributed by atoms with van der Waals surface area (Å²) in [5, 5.41) is 0. The van der Waals surface area contributed by atoms with Gasteiger partial charge in [0.2, 0.25) is 5.89 Å². The second-order valence-electron chi connectivity index (χ2n) is 7.96. The summed E-state index contributed by atoms with van der Waals surface area (Å²) in [5.41, 5.74) is 7.61. The minimum Gasteiger partial charge on any atom is -0.447 e. The van der Waals surface area contributed by atoms with Crippen LogP contribution in [-0.4, -0.2) is 38.8 Å². The lowest BCUT2D eigenvalue weighted by Gasteiger charge is -2.39. The summed E-state index contributed by atoms with van der Waals surface area (Å²) in [5.74, 6) is 1.53. The minimum atomic E-state index is -0.121. The number of likely N-dealkylation sites (tertiary alicyclic amines) is 1. The third-order valence-corrected chi connectivity index (χ3v) is 6.31. The first-order valence-corrected chi connectivity index (χ1v) is 9.67. The number of aromatic nitrogens is 3. The number of amides is 1. The molecule has 3 N–H and O–H groups in total. The van der Waals surface area contributed by atoms with Gasteiger partial charge in [0.1, 0.15) is 12.1 Å². The van der Waals surface area contributed by atoms with E-state index < -0.39 is 0 Å². The van der Waals surface area contributed by atoms with Crippen molar-refractivity contribution in [2.24, 2.45) is 5.73 Å². The molecule has 2 aromatic heterocycles. The van der Waals surface area contributed by atoms with Crippen LogP contribution < -0.4 is 11.3 Å². The smallest absolute Gasteiger partial charge is 0.275 e. The van der Waals surface area contributed by atoms with Crippen LogP contribution in [0.2, 0.25) is 0 Å². The number of oxazole rings is 1. The largest absolute Gasteiger partial charge is 0.447 e. The average Bonchev–Trinajstić information content (AvgIpc) is 3.33. The van der Waals surface area contributed by atoms with Crippen LogP contribution in [0.25, 0.3) is 0 Å². The third-order valence-electron chi connectivity index (χ3n) is 6.31. The van der Waals surface area contributed by atoms with E-state index in [2.05, 4.69) is 9.97 Å². The van der Waals surface area contributed by atoms with Gasteiger partial charge in [-0.3, -0.25) is 9.59 Å². The van der Waals surface area contributed by atoms with Crippen molar-refractivity contribution in [1.82, 2.24) is 19.9 Å². The molecule has 3 heterocycles. The van der Waals surface area contributed by atoms with Crippen molar-refractivity contribution in [3.05, 3.63) is 45.3 Å². The van der Waals surface area contributed by atoms with E-state index >= 15 is 0 Å². The van der Waals surface area contributed by atoms with Gasteiger partial charge in [-0.25, -0.2) is 9.97 Å². The molecule has 2 aliphatic carbocycles. The van der Waals surface area contributed by atoms with Crippen LogP contribution in [0, 0.1) is 0 Å². The molecule has 0 atom stereocenters. The van der Waals surface area contributed by atoms with Crippen LogP contribution in [0.3, 0.4) is 0 Å². The molecule has 27 heavy (non-hydrogen) atoms. The first-order valence-electron chi connectivity index (χ1n) is 9.67. The molecule has 1 amide bonds. The van der Waals surface area contributed by atoms with Crippen molar-refractivity contribution in [2.75, 3.05) is 13.1 Å². The number of carbonyl (C=O) groups is 1. The number of rotatable bonds is 3. The predicted octanol–water partition coefficient (Wildman–Crippen LogP) is 1.21. The maximum absolute atomic E-state index is 12.7. The lowest BCUT2D eigenvalue weighted by molar-refractivity contribution is 0.0657. The quantitative estimate of drug-likeness (QED) is 0.840. The van der Waals surface area contributed by atoms with Crippen molar-refractivity contribution in [3.63, 3.8) is 0 Å². The molecule has 142 valence electrons. The number of nitrogens with one attached hydrogen (secondary N) is 1. The summed E-state index contributed by atoms with van der Waals surface area (Å²) in [4.78, 5) is 39.0. The molecule has 1 aliphatic heterocycles. The van der Waals surface area contributed by atoms with E-state index in [-0.39, 0.29) is 23.4 Å². The molecule has 8 heteroatoms. The van der Waals surface area contributed by atoms with Crippen molar-refractivity contribution in [3.8, 4) is 0 Å². The van der Waals surface area contributed by atoms with Crippen molar-refractivity contribution < 1.29 is 9.21 Å². The predicted molar refractivity (Wildman–Crippen MR) is 96.4 cm³/mol. The fourth-order valence-electron chi connectivity index (χ4n) is 4.51. The maximum Gasteiger partial charge on any atom is 0.275 e. The lowest BCUT2D eigenvalue weighted by atomic mass is 9.76. The molecule has 2 fully saturated rings. The lowest BCUT2D eigenvalue weighted by Crippen LogP contribution is -2.45. The van der Waals surface area contributed by atoms with Crippen molar-refractivity contribution >= 4 is 5.91 Å². The SMILES string of the molecule is NCc1nc(C(=O)N2CCC3(CCc4c3nc(C3CC3)[nH]c4=O)CC2)co1. The van der Waals surface area contributed by atoms with Crippen molar-refractivity contribution in [1.29, 1.82) is 0 Å². The topological polar surface area (TPSA) is 118 Å². The highest BCUT2D eigenvalue weighted by Crippen LogP contribution is 2.46. The van der Waals surface area contributed by atoms with Gasteiger partial charge in [-0.1, -0.05) is 0 Å². The first kappa shape index (κ1) is 16.7. The van der Waals surface area contributed by atoms with Gasteiger partial charge in [0.05, 0.1) is 12.2 Å². The second kappa shape index (κ2) is 6.02. The number of nitrogens with two attached hydrogens (primary N) is 1. The number of aromatic amines is 1. The molecule has 8 nitrogen and oxygen atoms in total. The summed E-state index contributed by atoms with van der Waals surface area (Å²) < 4.78 is 5.19. The number of hydrogen-bond donors (Lipinski definition) is 2. The van der Waals surface area contributed by atoms with Crippen LogP contribution in [0.4, 0.5) is 0 Å². The summed E-state index contributed by atoms with van der Waals surface area (Å²) in [7, 11) is 0. The second-order valence-corrected chi connectivity index (χ2v) is 7.96. The Kier molecular flexibility index (Phi) is 3.72. The van der Waals surface area contributed by atoms with Gasteiger partial charge in [-0.05, 0) is 38.5 Å². The Morgan fingerprint density at radius 3 is 2.74 bits per heavy atom. The molecule has 0 aromatic carbocycles. The first-order chi connectivity index (χ1) is 13.1. The Morgan fingerprint density at radius 2 is 2.07 bits per heavy atom. The third kappa shape index (κ3) is 2.70. The van der Waals surface area contributed by atoms with E-state index in [1.54, 1.807) is 0 Å². The molecule has 0 radical (unpaired) electrons. The number of H-pyrrole nitrogens is 1. The summed E-state index contributed by atoms with van der Waals surface area (Å²) in [6.07, 6.45) is 6.97. The molecule has 5 rings (SSSR count). The summed E-state index contributed by atoms with van der Waals surface area (Å²) in [6.45, 7) is 1.45. The van der Waals surface area contributed by atoms with Crippen LogP contribution >= 0.6 is 0 Å². The maximum atomic E-state index is 12.7. The Bertz CT molecular complexity index is 950. The van der Waals surface area contributed by atoms with E-state index in [0.29, 0.717) is 30.6 Å². The highest BCUT2D eigenvalue weighted by atomic mass is 16.3. The molecule has 3 aliphatic rings. The van der Waals surface area contributed by atoms with Crippen LogP contribution in [-0.2, 0) is 18.4 Å². The summed E-state index contributed by atoms with van der Waals surface area (Å²) in [6, 6.07) is 0. The van der Waals surface area contributed by atoms with Gasteiger partial charge >= 0.3 is 0 Å². The molecule has 0 bridgehead atoms. The van der Waals surface area contributed by atoms with E-state index in [1.165, 1.54) is 6.26 Å². The van der Waals surface area contributed by atoms with Gasteiger partial charge in [-0.15, -0.1) is 0 Å². The highest BCUT2D eigenvalue weighted by Gasteiger charge is 2.45. The monoisotopic (exact) mass is 369 g/mol. The molecular formula is C19H23N5O3. The minimum absolute atomic E-state index is 0.0363. The molecule has 0 unspecified atom stereocenters. The highest BCUT2D eigenvalue weighted by molar-refractivity contribution is 5.92. The standard InChI is InChI=1S/C19H23N5O3/c20-9-14-21-13(10-27-14)18(26)24-7-5-19(6-8-24)4-3-12-15(19)22-16(11-1-2-11)23-17(12)25/h10-11H,1-9,20H2,(H,22,23,25). The van der Waals surface area contributed by atoms with Gasteiger partial charge in [-0.2, -0.15) is 0 Å². The van der Waals surface area contributed by atoms with Gasteiger partial charge in [0.15, 0.2) is 5.69 Å². The fraction of sp³-hybridized carbons (Fsp3) is 0.579. The Hall–Kier alpha value is -2.48. The molecule has 1 saturated carbocycles. The number of carbonyl (C=O) groups excluding carboxylic acids is 1. The number of nitrogens with zero attached hydrogens (tertiary/aromatic N) is 3. The molecule has 2 aromatic rings. The van der Waals surface area contributed by atoms with E-state index in [9.17, 15) is 9.59 Å². The zero-order chi connectivity index (χ0) is 18.6.